The van der Waals surface area contributed by atoms with Gasteiger partial charge in [0.1, 0.15) is 17.6 Å². The summed E-state index contributed by atoms with van der Waals surface area (Å²) in [6.45, 7) is 1.20. The van der Waals surface area contributed by atoms with E-state index in [0.717, 1.165) is 6.07 Å². The molecule has 1 fully saturated rings. The molecule has 7 heteroatoms. The zero-order valence-electron chi connectivity index (χ0n) is 12.0. The number of amides is 2. The van der Waals surface area contributed by atoms with Crippen LogP contribution in [0.25, 0.3) is 0 Å². The average molecular weight is 295 g/mol. The first-order valence-electron chi connectivity index (χ1n) is 6.63. The van der Waals surface area contributed by atoms with Crippen LogP contribution in [0.1, 0.15) is 10.4 Å². The minimum atomic E-state index is -0.797. The maximum Gasteiger partial charge on any atom is 0.257 e. The summed E-state index contributed by atoms with van der Waals surface area (Å²) >= 11 is 0. The molecule has 1 heterocycles. The third kappa shape index (κ3) is 3.13. The number of hydrogen-bond acceptors (Lipinski definition) is 4. The van der Waals surface area contributed by atoms with Crippen molar-refractivity contribution >= 4 is 11.8 Å². The predicted molar refractivity (Wildman–Crippen MR) is 74.5 cm³/mol. The van der Waals surface area contributed by atoms with Gasteiger partial charge in [-0.05, 0) is 12.1 Å². The topological polar surface area (TPSA) is 72.9 Å². The molecule has 0 bridgehead atoms. The number of nitrogens with zero attached hydrogens (tertiary/aromatic N) is 2. The van der Waals surface area contributed by atoms with E-state index in [0.29, 0.717) is 19.6 Å². The molecule has 0 radical (unpaired) electrons. The van der Waals surface area contributed by atoms with E-state index >= 15 is 0 Å². The van der Waals surface area contributed by atoms with Crippen LogP contribution in [0.15, 0.2) is 18.2 Å². The molecule has 114 valence electrons. The number of likely N-dealkylation sites (N-methyl/N-ethyl adjacent to an activating group) is 1. The highest BCUT2D eigenvalue weighted by Crippen LogP contribution is 2.19. The van der Waals surface area contributed by atoms with Crippen LogP contribution in [-0.2, 0) is 4.79 Å². The van der Waals surface area contributed by atoms with E-state index in [9.17, 15) is 19.1 Å². The zero-order valence-corrected chi connectivity index (χ0v) is 12.0. The first-order valence-corrected chi connectivity index (χ1v) is 6.63. The number of halogens is 1. The maximum absolute atomic E-state index is 13.8. The van der Waals surface area contributed by atoms with Gasteiger partial charge in [-0.15, -0.1) is 0 Å². The molecule has 0 saturated carbocycles. The van der Waals surface area contributed by atoms with Crippen LogP contribution in [0.5, 0.6) is 5.75 Å². The summed E-state index contributed by atoms with van der Waals surface area (Å²) in [7, 11) is 3.22. The second-order valence-corrected chi connectivity index (χ2v) is 5.12. The predicted octanol–water partition coefficient (Wildman–Crippen LogP) is 0.0335. The Morgan fingerprint density at radius 1 is 1.43 bits per heavy atom. The Kier molecular flexibility index (Phi) is 4.42. The van der Waals surface area contributed by atoms with Crippen LogP contribution >= 0.6 is 0 Å². The van der Waals surface area contributed by atoms with Gasteiger partial charge in [-0.2, -0.15) is 0 Å². The van der Waals surface area contributed by atoms with Gasteiger partial charge in [-0.1, -0.05) is 0 Å². The summed E-state index contributed by atoms with van der Waals surface area (Å²) in [5.41, 5.74) is -0.147. The fourth-order valence-electron chi connectivity index (χ4n) is 2.30. The Morgan fingerprint density at radius 2 is 2.14 bits per heavy atom. The summed E-state index contributed by atoms with van der Waals surface area (Å²) < 4.78 is 13.8. The zero-order chi connectivity index (χ0) is 15.6. The summed E-state index contributed by atoms with van der Waals surface area (Å²) in [5, 5.41) is 12.3. The molecule has 1 saturated heterocycles. The maximum atomic E-state index is 13.8. The van der Waals surface area contributed by atoms with Crippen LogP contribution in [0.3, 0.4) is 0 Å². The van der Waals surface area contributed by atoms with Gasteiger partial charge in [0.2, 0.25) is 5.91 Å². The van der Waals surface area contributed by atoms with Crippen molar-refractivity contribution in [1.29, 1.82) is 0 Å². The third-order valence-electron chi connectivity index (χ3n) is 3.41. The summed E-state index contributed by atoms with van der Waals surface area (Å²) in [4.78, 5) is 27.4. The Labute approximate surface area is 122 Å². The van der Waals surface area contributed by atoms with E-state index in [1.165, 1.54) is 21.9 Å². The molecule has 1 unspecified atom stereocenters. The van der Waals surface area contributed by atoms with E-state index in [4.69, 9.17) is 0 Å². The summed E-state index contributed by atoms with van der Waals surface area (Å²) in [5.74, 6) is -1.80. The van der Waals surface area contributed by atoms with E-state index in [2.05, 4.69) is 5.32 Å². The normalized spacial score (nSPS) is 18.4. The van der Waals surface area contributed by atoms with Gasteiger partial charge in [-0.3, -0.25) is 9.59 Å². The number of benzene rings is 1. The van der Waals surface area contributed by atoms with E-state index in [1.807, 2.05) is 0 Å². The van der Waals surface area contributed by atoms with E-state index < -0.39 is 17.8 Å². The molecular weight excluding hydrogens is 277 g/mol. The number of carbonyl (C=O) groups is 2. The molecule has 21 heavy (non-hydrogen) atoms. The van der Waals surface area contributed by atoms with Crippen molar-refractivity contribution in [2.45, 2.75) is 6.04 Å². The molecule has 2 amide bonds. The first-order chi connectivity index (χ1) is 9.91. The number of phenolic OH excluding ortho intramolecular Hbond substituents is 1. The Balaban J connectivity index is 2.28. The number of aromatic hydroxyl groups is 1. The second kappa shape index (κ2) is 6.09. The highest BCUT2D eigenvalue weighted by Gasteiger charge is 2.34. The van der Waals surface area contributed by atoms with Crippen LogP contribution in [0.4, 0.5) is 4.39 Å². The number of rotatable bonds is 2. The fourth-order valence-corrected chi connectivity index (χ4v) is 2.30. The van der Waals surface area contributed by atoms with E-state index in [1.54, 1.807) is 14.1 Å². The Bertz CT molecular complexity index is 562. The molecule has 2 rings (SSSR count). The lowest BCUT2D eigenvalue weighted by molar-refractivity contribution is -0.134. The standard InChI is InChI=1S/C14H18FN3O3/c1-17(2)14(21)12-8-16-5-6-18(12)13(20)10-4-3-9(19)7-11(10)15/h3-4,7,12,16,19H,5-6,8H2,1-2H3. The van der Waals surface area contributed by atoms with Gasteiger partial charge in [0.25, 0.3) is 5.91 Å². The molecule has 1 aliphatic heterocycles. The van der Waals surface area contributed by atoms with Crippen molar-refractivity contribution in [2.24, 2.45) is 0 Å². The summed E-state index contributed by atoms with van der Waals surface area (Å²) in [6.07, 6.45) is 0. The van der Waals surface area contributed by atoms with Crippen molar-refractivity contribution in [1.82, 2.24) is 15.1 Å². The molecule has 0 spiro atoms. The third-order valence-corrected chi connectivity index (χ3v) is 3.41. The Morgan fingerprint density at radius 3 is 2.76 bits per heavy atom. The lowest BCUT2D eigenvalue weighted by Gasteiger charge is -2.36. The van der Waals surface area contributed by atoms with Crippen LogP contribution in [0, 0.1) is 5.82 Å². The molecule has 2 N–H and O–H groups in total. The number of nitrogens with one attached hydrogen (secondary N) is 1. The fraction of sp³-hybridized carbons (Fsp3) is 0.429. The van der Waals surface area contributed by atoms with Crippen molar-refractivity contribution in [3.8, 4) is 5.75 Å². The van der Waals surface area contributed by atoms with Gasteiger partial charge < -0.3 is 20.2 Å². The lowest BCUT2D eigenvalue weighted by atomic mass is 10.1. The van der Waals surface area contributed by atoms with Gasteiger partial charge >= 0.3 is 0 Å². The lowest BCUT2D eigenvalue weighted by Crippen LogP contribution is -2.59. The van der Waals surface area contributed by atoms with Gasteiger partial charge in [0.05, 0.1) is 5.56 Å². The second-order valence-electron chi connectivity index (χ2n) is 5.12. The SMILES string of the molecule is CN(C)C(=O)C1CNCCN1C(=O)c1ccc(O)cc1F. The average Bonchev–Trinajstić information content (AvgIpc) is 2.45. The minimum Gasteiger partial charge on any atom is -0.508 e. The molecule has 0 aromatic heterocycles. The monoisotopic (exact) mass is 295 g/mol. The smallest absolute Gasteiger partial charge is 0.257 e. The molecule has 1 aromatic rings. The number of hydrogen-bond donors (Lipinski definition) is 2. The van der Waals surface area contributed by atoms with Crippen molar-refractivity contribution in [3.05, 3.63) is 29.6 Å². The molecular formula is C14H18FN3O3. The van der Waals surface area contributed by atoms with Crippen molar-refractivity contribution in [3.63, 3.8) is 0 Å². The molecule has 6 nitrogen and oxygen atoms in total. The van der Waals surface area contributed by atoms with Crippen LogP contribution in [0.2, 0.25) is 0 Å². The minimum absolute atomic E-state index is 0.147. The van der Waals surface area contributed by atoms with Gasteiger partial charge in [-0.25, -0.2) is 4.39 Å². The van der Waals surface area contributed by atoms with Gasteiger partial charge in [0.15, 0.2) is 0 Å². The van der Waals surface area contributed by atoms with Crippen molar-refractivity contribution < 1.29 is 19.1 Å². The van der Waals surface area contributed by atoms with E-state index in [-0.39, 0.29) is 17.2 Å². The van der Waals surface area contributed by atoms with Gasteiger partial charge in [0, 0.05) is 39.8 Å². The first kappa shape index (κ1) is 15.2. The van der Waals surface area contributed by atoms with Crippen molar-refractivity contribution in [2.75, 3.05) is 33.7 Å². The molecule has 0 aliphatic carbocycles. The number of phenols is 1. The molecule has 1 aliphatic rings. The highest BCUT2D eigenvalue weighted by atomic mass is 19.1. The van der Waals surface area contributed by atoms with Crippen LogP contribution in [-0.4, -0.2) is 66.5 Å². The quantitative estimate of drug-likeness (QED) is 0.807. The van der Waals surface area contributed by atoms with Crippen LogP contribution < -0.4 is 5.32 Å². The largest absolute Gasteiger partial charge is 0.508 e. The molecule has 1 atom stereocenters. The number of piperazine rings is 1. The molecule has 1 aromatic carbocycles. The highest BCUT2D eigenvalue weighted by molar-refractivity contribution is 5.98. The Hall–Kier alpha value is -2.15. The number of carbonyl (C=O) groups excluding carboxylic acids is 2. The summed E-state index contributed by atoms with van der Waals surface area (Å²) in [6, 6.07) is 2.71.